The van der Waals surface area contributed by atoms with Gasteiger partial charge in [-0.1, -0.05) is 29.4 Å². The monoisotopic (exact) mass is 329 g/mol. The highest BCUT2D eigenvalue weighted by molar-refractivity contribution is 7.79. The van der Waals surface area contributed by atoms with E-state index in [2.05, 4.69) is 6.92 Å². The molecule has 0 saturated heterocycles. The van der Waals surface area contributed by atoms with Gasteiger partial charge in [-0.25, -0.2) is 0 Å². The van der Waals surface area contributed by atoms with Gasteiger partial charge in [0.15, 0.2) is 0 Å². The molecule has 3 rings (SSSR count). The highest BCUT2D eigenvalue weighted by Gasteiger charge is 2.23. The second-order valence-corrected chi connectivity index (χ2v) is 7.11. The maximum Gasteiger partial charge on any atom is 0.331 e. The molecule has 5 heteroatoms. The molecule has 120 valence electrons. The Morgan fingerprint density at radius 3 is 2.39 bits per heavy atom. The van der Waals surface area contributed by atoms with Crippen LogP contribution in [0.3, 0.4) is 0 Å². The van der Waals surface area contributed by atoms with Crippen LogP contribution in [-0.4, -0.2) is 13.0 Å². The summed E-state index contributed by atoms with van der Waals surface area (Å²) in [5.74, 6) is 0. The summed E-state index contributed by atoms with van der Waals surface area (Å²) in [4.78, 5) is 0. The number of pyridine rings is 1. The molecule has 4 nitrogen and oxygen atoms in total. The highest BCUT2D eigenvalue weighted by Crippen LogP contribution is 2.27. The molecule has 0 radical (unpaired) electrons. The number of benzene rings is 2. The van der Waals surface area contributed by atoms with Crippen molar-refractivity contribution < 1.29 is 16.9 Å². The molecule has 2 aromatic carbocycles. The summed E-state index contributed by atoms with van der Waals surface area (Å²) in [6, 6.07) is 10.9. The molecule has 0 bridgehead atoms. The van der Waals surface area contributed by atoms with Crippen LogP contribution >= 0.6 is 0 Å². The summed E-state index contributed by atoms with van der Waals surface area (Å²) in [7, 11) is -4.65. The average molecular weight is 329 g/mol. The summed E-state index contributed by atoms with van der Waals surface area (Å²) in [6.07, 6.45) is 1.82. The maximum atomic E-state index is 11.9. The zero-order valence-electron chi connectivity index (χ0n) is 13.5. The van der Waals surface area contributed by atoms with E-state index in [1.807, 2.05) is 38.1 Å². The van der Waals surface area contributed by atoms with Gasteiger partial charge in [-0.05, 0) is 49.1 Å². The van der Waals surface area contributed by atoms with Gasteiger partial charge in [-0.2, -0.15) is 8.42 Å². The normalized spacial score (nSPS) is 12.2. The van der Waals surface area contributed by atoms with Crippen molar-refractivity contribution in [2.45, 2.75) is 33.6 Å². The first-order valence-electron chi connectivity index (χ1n) is 7.67. The Kier molecular flexibility index (Phi) is 3.86. The third-order valence-electron chi connectivity index (χ3n) is 4.45. The first-order chi connectivity index (χ1) is 10.8. The van der Waals surface area contributed by atoms with Crippen molar-refractivity contribution in [2.75, 3.05) is 0 Å². The Morgan fingerprint density at radius 1 is 1.04 bits per heavy atom. The summed E-state index contributed by atoms with van der Waals surface area (Å²) in [5.41, 5.74) is 4.15. The molecule has 0 N–H and O–H groups in total. The van der Waals surface area contributed by atoms with E-state index in [0.717, 1.165) is 44.3 Å². The van der Waals surface area contributed by atoms with E-state index in [0.29, 0.717) is 11.0 Å². The molecular weight excluding hydrogens is 310 g/mol. The van der Waals surface area contributed by atoms with Crippen LogP contribution in [0.2, 0.25) is 0 Å². The van der Waals surface area contributed by atoms with Crippen molar-refractivity contribution in [3.63, 3.8) is 0 Å². The van der Waals surface area contributed by atoms with Crippen LogP contribution < -0.4 is 3.97 Å². The van der Waals surface area contributed by atoms with Gasteiger partial charge in [0.05, 0.1) is 5.39 Å². The Morgan fingerprint density at radius 2 is 1.74 bits per heavy atom. The lowest BCUT2D eigenvalue weighted by Crippen LogP contribution is -2.44. The molecule has 0 atom stereocenters. The topological polar surface area (TPSA) is 61.1 Å². The fraction of sp³-hybridized carbons (Fsp3) is 0.278. The van der Waals surface area contributed by atoms with Gasteiger partial charge in [0.2, 0.25) is 11.0 Å². The molecular formula is C18H19NO3S. The number of nitrogens with zero attached hydrogens (tertiary/aromatic N) is 1. The van der Waals surface area contributed by atoms with E-state index in [4.69, 9.17) is 0 Å². The number of hydrogen-bond donors (Lipinski definition) is 0. The lowest BCUT2D eigenvalue weighted by molar-refractivity contribution is -0.459. The number of fused-ring (bicyclic) bond motifs is 2. The van der Waals surface area contributed by atoms with Crippen molar-refractivity contribution in [3.05, 3.63) is 53.1 Å². The second kappa shape index (κ2) is 5.58. The molecule has 0 aliphatic heterocycles. The van der Waals surface area contributed by atoms with Crippen molar-refractivity contribution >= 4 is 32.1 Å². The molecule has 0 spiro atoms. The molecule has 0 aliphatic carbocycles. The van der Waals surface area contributed by atoms with E-state index in [1.165, 1.54) is 0 Å². The molecule has 0 aliphatic rings. The van der Waals surface area contributed by atoms with Crippen LogP contribution in [0.4, 0.5) is 0 Å². The minimum atomic E-state index is -4.65. The first kappa shape index (κ1) is 15.9. The molecule has 1 aromatic heterocycles. The standard InChI is InChI=1S/C18H19NO3S/c1-4-7-14-11-18-16(13(3)12(14)2)10-15-8-5-6-9-17(15)19(18)23(20,21)22/h5-6,8-11H,4,7H2,1-3H3. The van der Waals surface area contributed by atoms with Crippen LogP contribution in [0.15, 0.2) is 36.4 Å². The minimum Gasteiger partial charge on any atom is -0.693 e. The summed E-state index contributed by atoms with van der Waals surface area (Å²) in [6.45, 7) is 6.11. The van der Waals surface area contributed by atoms with Crippen LogP contribution in [0.5, 0.6) is 0 Å². The highest BCUT2D eigenvalue weighted by atomic mass is 32.2. The third-order valence-corrected chi connectivity index (χ3v) is 5.29. The number of aromatic nitrogens is 1. The van der Waals surface area contributed by atoms with Gasteiger partial charge in [0.1, 0.15) is 0 Å². The van der Waals surface area contributed by atoms with E-state index in [-0.39, 0.29) is 0 Å². The smallest absolute Gasteiger partial charge is 0.331 e. The summed E-state index contributed by atoms with van der Waals surface area (Å²) < 4.78 is 36.7. The Labute approximate surface area is 136 Å². The number of rotatable bonds is 3. The van der Waals surface area contributed by atoms with Gasteiger partial charge in [0.25, 0.3) is 0 Å². The van der Waals surface area contributed by atoms with Crippen molar-refractivity contribution in [1.82, 2.24) is 0 Å². The predicted molar refractivity (Wildman–Crippen MR) is 90.2 cm³/mol. The van der Waals surface area contributed by atoms with Gasteiger partial charge in [-0.15, -0.1) is 0 Å². The molecule has 0 unspecified atom stereocenters. The minimum absolute atomic E-state index is 0.417. The predicted octanol–water partition coefficient (Wildman–Crippen LogP) is 3.16. The molecule has 0 fully saturated rings. The van der Waals surface area contributed by atoms with Gasteiger partial charge >= 0.3 is 10.3 Å². The van der Waals surface area contributed by atoms with E-state index in [1.54, 1.807) is 12.1 Å². The lowest BCUT2D eigenvalue weighted by Gasteiger charge is -2.13. The Bertz CT molecular complexity index is 1020. The largest absolute Gasteiger partial charge is 0.693 e. The zero-order chi connectivity index (χ0) is 16.8. The maximum absolute atomic E-state index is 11.9. The molecule has 3 aromatic rings. The average Bonchev–Trinajstić information content (AvgIpc) is 2.49. The second-order valence-electron chi connectivity index (χ2n) is 5.89. The van der Waals surface area contributed by atoms with Crippen LogP contribution in [0, 0.1) is 13.8 Å². The molecule has 23 heavy (non-hydrogen) atoms. The van der Waals surface area contributed by atoms with E-state index < -0.39 is 10.3 Å². The molecule has 0 amide bonds. The van der Waals surface area contributed by atoms with Crippen molar-refractivity contribution in [1.29, 1.82) is 0 Å². The van der Waals surface area contributed by atoms with Crippen molar-refractivity contribution in [2.24, 2.45) is 0 Å². The Hall–Kier alpha value is -1.98. The fourth-order valence-electron chi connectivity index (χ4n) is 3.19. The summed E-state index contributed by atoms with van der Waals surface area (Å²) >= 11 is 0. The Balaban J connectivity index is 2.60. The number of aryl methyl sites for hydroxylation is 2. The van der Waals surface area contributed by atoms with Crippen LogP contribution in [-0.2, 0) is 16.7 Å². The van der Waals surface area contributed by atoms with Gasteiger partial charge in [0, 0.05) is 17.5 Å². The van der Waals surface area contributed by atoms with E-state index in [9.17, 15) is 13.0 Å². The zero-order valence-corrected chi connectivity index (χ0v) is 14.3. The molecule has 1 heterocycles. The van der Waals surface area contributed by atoms with Crippen LogP contribution in [0.1, 0.15) is 30.0 Å². The van der Waals surface area contributed by atoms with E-state index >= 15 is 0 Å². The fourth-order valence-corrected chi connectivity index (χ4v) is 3.99. The van der Waals surface area contributed by atoms with Gasteiger partial charge in [-0.3, -0.25) is 0 Å². The summed E-state index contributed by atoms with van der Waals surface area (Å²) in [5, 5.41) is 1.55. The van der Waals surface area contributed by atoms with Gasteiger partial charge < -0.3 is 4.55 Å². The number of hydrogen-bond acceptors (Lipinski definition) is 3. The molecule has 0 saturated carbocycles. The van der Waals surface area contributed by atoms with Crippen molar-refractivity contribution in [3.8, 4) is 0 Å². The van der Waals surface area contributed by atoms with Crippen LogP contribution in [0.25, 0.3) is 21.8 Å². The SMILES string of the molecule is CCCc1cc2c(cc3ccccc3[n+]2S(=O)(=O)[O-])c(C)c1C. The third kappa shape index (κ3) is 2.60. The lowest BCUT2D eigenvalue weighted by atomic mass is 9.95. The first-order valence-corrected chi connectivity index (χ1v) is 9.04. The quantitative estimate of drug-likeness (QED) is 0.421. The number of para-hydroxylation sites is 1.